The molecule has 1 aromatic carbocycles. The first-order valence-electron chi connectivity index (χ1n) is 9.27. The summed E-state index contributed by atoms with van der Waals surface area (Å²) in [7, 11) is 5.37. The number of ether oxygens (including phenoxy) is 2. The SMILES string of the molecule is CNc1cc(C)nc(Nc2ccc(OC)c(OCCCc3nc(Cl)cn3C)c2)n1. The number of rotatable bonds is 9. The molecule has 8 nitrogen and oxygen atoms in total. The van der Waals surface area contributed by atoms with Crippen molar-refractivity contribution in [3.63, 3.8) is 0 Å². The zero-order chi connectivity index (χ0) is 20.8. The first kappa shape index (κ1) is 20.7. The van der Waals surface area contributed by atoms with E-state index in [1.54, 1.807) is 13.3 Å². The molecule has 0 unspecified atom stereocenters. The van der Waals surface area contributed by atoms with E-state index >= 15 is 0 Å². The van der Waals surface area contributed by atoms with Crippen LogP contribution in [0.2, 0.25) is 5.15 Å². The van der Waals surface area contributed by atoms with Gasteiger partial charge in [0, 0.05) is 50.2 Å². The van der Waals surface area contributed by atoms with Gasteiger partial charge in [0.15, 0.2) is 11.5 Å². The molecule has 0 spiro atoms. The lowest BCUT2D eigenvalue weighted by Gasteiger charge is -2.13. The summed E-state index contributed by atoms with van der Waals surface area (Å²) < 4.78 is 13.3. The average molecular weight is 417 g/mol. The van der Waals surface area contributed by atoms with Crippen molar-refractivity contribution in [3.05, 3.63) is 47.1 Å². The minimum atomic E-state index is 0.503. The molecule has 0 amide bonds. The molecule has 0 aliphatic heterocycles. The fourth-order valence-corrected chi connectivity index (χ4v) is 3.10. The van der Waals surface area contributed by atoms with Gasteiger partial charge in [0.2, 0.25) is 5.95 Å². The highest BCUT2D eigenvalue weighted by atomic mass is 35.5. The second-order valence-corrected chi connectivity index (χ2v) is 6.89. The Morgan fingerprint density at radius 3 is 2.66 bits per heavy atom. The number of methoxy groups -OCH3 is 1. The maximum atomic E-state index is 5.96. The largest absolute Gasteiger partial charge is 0.493 e. The van der Waals surface area contributed by atoms with Gasteiger partial charge in [0.25, 0.3) is 0 Å². The molecule has 3 rings (SSSR count). The first-order valence-corrected chi connectivity index (χ1v) is 9.65. The van der Waals surface area contributed by atoms with Gasteiger partial charge in [-0.3, -0.25) is 0 Å². The normalized spacial score (nSPS) is 10.7. The summed E-state index contributed by atoms with van der Waals surface area (Å²) in [5.74, 6) is 3.50. The second-order valence-electron chi connectivity index (χ2n) is 6.50. The van der Waals surface area contributed by atoms with Crippen LogP contribution in [0, 0.1) is 6.92 Å². The molecule has 0 aliphatic rings. The lowest BCUT2D eigenvalue weighted by Crippen LogP contribution is -2.05. The Labute approximate surface area is 175 Å². The standard InChI is InChI=1S/C20H25ClN6O2/c1-13-10-18(22-2)26-20(23-13)24-14-7-8-15(28-4)16(11-14)29-9-5-6-19-25-17(21)12-27(19)3/h7-8,10-12H,5-6,9H2,1-4H3,(H2,22,23,24,26). The number of aryl methyl sites for hydroxylation is 3. The Balaban J connectivity index is 1.65. The summed E-state index contributed by atoms with van der Waals surface area (Å²) in [5.41, 5.74) is 1.68. The highest BCUT2D eigenvalue weighted by Crippen LogP contribution is 2.31. The zero-order valence-electron chi connectivity index (χ0n) is 17.0. The minimum absolute atomic E-state index is 0.503. The molecule has 9 heteroatoms. The smallest absolute Gasteiger partial charge is 0.229 e. The van der Waals surface area contributed by atoms with Gasteiger partial charge in [-0.05, 0) is 25.5 Å². The maximum absolute atomic E-state index is 5.96. The van der Waals surface area contributed by atoms with E-state index in [9.17, 15) is 0 Å². The van der Waals surface area contributed by atoms with E-state index in [1.165, 1.54) is 0 Å². The molecule has 3 aromatic rings. The van der Waals surface area contributed by atoms with Gasteiger partial charge in [-0.15, -0.1) is 0 Å². The summed E-state index contributed by atoms with van der Waals surface area (Å²) in [6, 6.07) is 7.50. The lowest BCUT2D eigenvalue weighted by molar-refractivity contribution is 0.288. The topological polar surface area (TPSA) is 86.1 Å². The Hall–Kier alpha value is -3.00. The molecule has 2 aromatic heterocycles. The Morgan fingerprint density at radius 1 is 1.14 bits per heavy atom. The summed E-state index contributed by atoms with van der Waals surface area (Å²) >= 11 is 5.93. The molecule has 0 bridgehead atoms. The van der Waals surface area contributed by atoms with Crippen molar-refractivity contribution >= 4 is 29.1 Å². The summed E-state index contributed by atoms with van der Waals surface area (Å²) in [5, 5.41) is 6.74. The number of hydrogen-bond acceptors (Lipinski definition) is 7. The monoisotopic (exact) mass is 416 g/mol. The van der Waals surface area contributed by atoms with Crippen LogP contribution in [-0.4, -0.2) is 40.3 Å². The molecule has 2 heterocycles. The molecular weight excluding hydrogens is 392 g/mol. The minimum Gasteiger partial charge on any atom is -0.493 e. The van der Waals surface area contributed by atoms with Crippen molar-refractivity contribution in [2.24, 2.45) is 7.05 Å². The van der Waals surface area contributed by atoms with Crippen LogP contribution in [0.25, 0.3) is 0 Å². The first-order chi connectivity index (χ1) is 14.0. The van der Waals surface area contributed by atoms with E-state index in [0.29, 0.717) is 29.2 Å². The summed E-state index contributed by atoms with van der Waals surface area (Å²) in [6.45, 7) is 2.44. The summed E-state index contributed by atoms with van der Waals surface area (Å²) in [6.07, 6.45) is 3.37. The maximum Gasteiger partial charge on any atom is 0.229 e. The predicted molar refractivity (Wildman–Crippen MR) is 115 cm³/mol. The van der Waals surface area contributed by atoms with E-state index in [0.717, 1.165) is 35.9 Å². The van der Waals surface area contributed by atoms with Crippen LogP contribution in [0.3, 0.4) is 0 Å². The molecule has 0 fully saturated rings. The van der Waals surface area contributed by atoms with Gasteiger partial charge in [0.05, 0.1) is 13.7 Å². The third kappa shape index (κ3) is 5.51. The Morgan fingerprint density at radius 2 is 1.97 bits per heavy atom. The second kappa shape index (κ2) is 9.47. The van der Waals surface area contributed by atoms with E-state index in [2.05, 4.69) is 25.6 Å². The zero-order valence-corrected chi connectivity index (χ0v) is 17.7. The Kier molecular flexibility index (Phi) is 6.77. The van der Waals surface area contributed by atoms with E-state index in [-0.39, 0.29) is 0 Å². The van der Waals surface area contributed by atoms with Crippen molar-refractivity contribution in [1.29, 1.82) is 0 Å². The number of benzene rings is 1. The fourth-order valence-electron chi connectivity index (χ4n) is 2.86. The van der Waals surface area contributed by atoms with Crippen molar-refractivity contribution in [2.75, 3.05) is 31.4 Å². The van der Waals surface area contributed by atoms with E-state index < -0.39 is 0 Å². The van der Waals surface area contributed by atoms with E-state index in [1.807, 2.05) is 49.9 Å². The highest BCUT2D eigenvalue weighted by molar-refractivity contribution is 6.29. The molecule has 154 valence electrons. The molecule has 0 saturated heterocycles. The van der Waals surface area contributed by atoms with Crippen LogP contribution >= 0.6 is 11.6 Å². The Bertz CT molecular complexity index is 976. The van der Waals surface area contributed by atoms with Gasteiger partial charge in [-0.1, -0.05) is 11.6 Å². The molecular formula is C20H25ClN6O2. The van der Waals surface area contributed by atoms with Crippen molar-refractivity contribution in [1.82, 2.24) is 19.5 Å². The van der Waals surface area contributed by atoms with Gasteiger partial charge in [0.1, 0.15) is 16.8 Å². The number of hydrogen-bond donors (Lipinski definition) is 2. The lowest BCUT2D eigenvalue weighted by atomic mass is 10.2. The predicted octanol–water partition coefficient (Wildman–Crippen LogP) is 3.98. The molecule has 0 atom stereocenters. The fraction of sp³-hybridized carbons (Fsp3) is 0.350. The van der Waals surface area contributed by atoms with Crippen LogP contribution in [0.4, 0.5) is 17.5 Å². The number of nitrogens with one attached hydrogen (secondary N) is 2. The van der Waals surface area contributed by atoms with Crippen molar-refractivity contribution in [2.45, 2.75) is 19.8 Å². The molecule has 29 heavy (non-hydrogen) atoms. The van der Waals surface area contributed by atoms with Crippen molar-refractivity contribution in [3.8, 4) is 11.5 Å². The quantitative estimate of drug-likeness (QED) is 0.510. The van der Waals surface area contributed by atoms with Crippen LogP contribution in [0.15, 0.2) is 30.5 Å². The van der Waals surface area contributed by atoms with Crippen LogP contribution in [0.5, 0.6) is 11.5 Å². The summed E-state index contributed by atoms with van der Waals surface area (Å²) in [4.78, 5) is 13.1. The molecule has 0 aliphatic carbocycles. The third-order valence-electron chi connectivity index (χ3n) is 4.28. The van der Waals surface area contributed by atoms with Crippen molar-refractivity contribution < 1.29 is 9.47 Å². The third-order valence-corrected chi connectivity index (χ3v) is 4.46. The van der Waals surface area contributed by atoms with Crippen LogP contribution in [0.1, 0.15) is 17.9 Å². The van der Waals surface area contributed by atoms with Gasteiger partial charge >= 0.3 is 0 Å². The van der Waals surface area contributed by atoms with Gasteiger partial charge < -0.3 is 24.7 Å². The molecule has 0 saturated carbocycles. The van der Waals surface area contributed by atoms with E-state index in [4.69, 9.17) is 21.1 Å². The van der Waals surface area contributed by atoms with Gasteiger partial charge in [-0.25, -0.2) is 9.97 Å². The van der Waals surface area contributed by atoms with Crippen LogP contribution in [-0.2, 0) is 13.5 Å². The molecule has 0 radical (unpaired) electrons. The highest BCUT2D eigenvalue weighted by Gasteiger charge is 2.09. The van der Waals surface area contributed by atoms with Crippen LogP contribution < -0.4 is 20.1 Å². The number of anilines is 3. The average Bonchev–Trinajstić information content (AvgIpc) is 3.02. The van der Waals surface area contributed by atoms with Gasteiger partial charge in [-0.2, -0.15) is 4.98 Å². The number of nitrogens with zero attached hydrogens (tertiary/aromatic N) is 4. The number of aromatic nitrogens is 4. The molecule has 2 N–H and O–H groups in total. The number of imidazole rings is 1. The number of halogens is 1.